The summed E-state index contributed by atoms with van der Waals surface area (Å²) in [7, 11) is 0. The second kappa shape index (κ2) is 8.10. The predicted octanol–water partition coefficient (Wildman–Crippen LogP) is 3.57. The number of amides is 1. The van der Waals surface area contributed by atoms with Crippen molar-refractivity contribution < 1.29 is 28.2 Å². The highest BCUT2D eigenvalue weighted by atomic mass is 16.7. The highest BCUT2D eigenvalue weighted by molar-refractivity contribution is 5.88. The van der Waals surface area contributed by atoms with Crippen LogP contribution < -0.4 is 14.8 Å². The molecule has 1 atom stereocenters. The van der Waals surface area contributed by atoms with E-state index in [0.717, 1.165) is 33.2 Å². The Hall–Kier alpha value is -3.48. The molecule has 3 aromatic rings. The van der Waals surface area contributed by atoms with E-state index in [4.69, 9.17) is 18.6 Å². The maximum absolute atomic E-state index is 12.3. The largest absolute Gasteiger partial charge is 0.464 e. The van der Waals surface area contributed by atoms with Crippen LogP contribution >= 0.6 is 0 Å². The van der Waals surface area contributed by atoms with Crippen LogP contribution in [0, 0.1) is 13.8 Å². The third-order valence-electron chi connectivity index (χ3n) is 5.19. The number of ether oxygens (including phenoxy) is 3. The number of rotatable bonds is 6. The summed E-state index contributed by atoms with van der Waals surface area (Å²) in [5.41, 5.74) is 4.58. The summed E-state index contributed by atoms with van der Waals surface area (Å²) in [4.78, 5) is 24.7. The number of carbonyl (C=O) groups is 2. The minimum Gasteiger partial charge on any atom is -0.464 e. The van der Waals surface area contributed by atoms with Crippen LogP contribution in [0.15, 0.2) is 41.0 Å². The van der Waals surface area contributed by atoms with Gasteiger partial charge in [-0.05, 0) is 61.7 Å². The van der Waals surface area contributed by atoms with Crippen molar-refractivity contribution in [3.8, 4) is 11.5 Å². The van der Waals surface area contributed by atoms with Gasteiger partial charge in [0.1, 0.15) is 5.58 Å². The fourth-order valence-electron chi connectivity index (χ4n) is 3.30. The fourth-order valence-corrected chi connectivity index (χ4v) is 3.30. The van der Waals surface area contributed by atoms with E-state index in [2.05, 4.69) is 5.32 Å². The van der Waals surface area contributed by atoms with Gasteiger partial charge >= 0.3 is 5.97 Å². The zero-order valence-corrected chi connectivity index (χ0v) is 17.1. The lowest BCUT2D eigenvalue weighted by atomic mass is 10.0. The van der Waals surface area contributed by atoms with E-state index in [9.17, 15) is 9.59 Å². The molecule has 0 bridgehead atoms. The standard InChI is InChI=1S/C23H23NO6/c1-13-6-18-17(11-27-20(18)7-14(13)2)9-22(25)30-15(3)23(26)24-10-16-4-5-19-21(8-16)29-12-28-19/h4-8,11,15H,9-10,12H2,1-3H3,(H,24,26)/t15-/m1/s1. The van der Waals surface area contributed by atoms with E-state index in [1.165, 1.54) is 0 Å². The summed E-state index contributed by atoms with van der Waals surface area (Å²) >= 11 is 0. The second-order valence-electron chi connectivity index (χ2n) is 7.41. The number of fused-ring (bicyclic) bond motifs is 2. The Morgan fingerprint density at radius 2 is 1.87 bits per heavy atom. The summed E-state index contributed by atoms with van der Waals surface area (Å²) in [6.45, 7) is 6.06. The number of esters is 1. The van der Waals surface area contributed by atoms with Crippen molar-refractivity contribution >= 4 is 22.8 Å². The van der Waals surface area contributed by atoms with Gasteiger partial charge in [0.05, 0.1) is 12.7 Å². The second-order valence-corrected chi connectivity index (χ2v) is 7.41. The van der Waals surface area contributed by atoms with E-state index in [-0.39, 0.29) is 19.1 Å². The lowest BCUT2D eigenvalue weighted by molar-refractivity contribution is -0.154. The Morgan fingerprint density at radius 1 is 1.10 bits per heavy atom. The van der Waals surface area contributed by atoms with Crippen molar-refractivity contribution in [1.29, 1.82) is 0 Å². The molecule has 30 heavy (non-hydrogen) atoms. The van der Waals surface area contributed by atoms with E-state index in [1.807, 2.05) is 38.1 Å². The number of carbonyl (C=O) groups excluding carboxylic acids is 2. The van der Waals surface area contributed by atoms with Gasteiger partial charge in [0.25, 0.3) is 5.91 Å². The number of nitrogens with one attached hydrogen (secondary N) is 1. The minimum atomic E-state index is -0.909. The molecule has 2 aromatic carbocycles. The number of aryl methyl sites for hydroxylation is 2. The first-order valence-electron chi connectivity index (χ1n) is 9.74. The van der Waals surface area contributed by atoms with Crippen molar-refractivity contribution in [1.82, 2.24) is 5.32 Å². The Balaban J connectivity index is 1.32. The van der Waals surface area contributed by atoms with E-state index >= 15 is 0 Å². The molecule has 0 fully saturated rings. The average molecular weight is 409 g/mol. The fraction of sp³-hybridized carbons (Fsp3) is 0.304. The molecule has 1 aliphatic rings. The molecule has 2 heterocycles. The molecule has 1 amide bonds. The zero-order valence-electron chi connectivity index (χ0n) is 17.1. The lowest BCUT2D eigenvalue weighted by Gasteiger charge is -2.13. The molecule has 0 radical (unpaired) electrons. The van der Waals surface area contributed by atoms with E-state index in [0.29, 0.717) is 18.0 Å². The van der Waals surface area contributed by atoms with Crippen LogP contribution in [0.3, 0.4) is 0 Å². The van der Waals surface area contributed by atoms with Gasteiger partial charge in [0.15, 0.2) is 17.6 Å². The third-order valence-corrected chi connectivity index (χ3v) is 5.19. The number of hydrogen-bond acceptors (Lipinski definition) is 6. The third kappa shape index (κ3) is 4.10. The summed E-state index contributed by atoms with van der Waals surface area (Å²) < 4.78 is 21.5. The molecule has 7 heteroatoms. The van der Waals surface area contributed by atoms with Crippen molar-refractivity contribution in [2.45, 2.75) is 39.8 Å². The summed E-state index contributed by atoms with van der Waals surface area (Å²) in [5, 5.41) is 3.65. The predicted molar refractivity (Wildman–Crippen MR) is 109 cm³/mol. The highest BCUT2D eigenvalue weighted by Gasteiger charge is 2.20. The molecule has 7 nitrogen and oxygen atoms in total. The molecule has 0 saturated heterocycles. The summed E-state index contributed by atoms with van der Waals surface area (Å²) in [6.07, 6.45) is 0.693. The number of benzene rings is 2. The average Bonchev–Trinajstić information content (AvgIpc) is 3.33. The Kier molecular flexibility index (Phi) is 5.35. The van der Waals surface area contributed by atoms with Crippen LogP contribution in [0.5, 0.6) is 11.5 Å². The van der Waals surface area contributed by atoms with Crippen LogP contribution in [0.25, 0.3) is 11.0 Å². The van der Waals surface area contributed by atoms with Crippen molar-refractivity contribution in [2.75, 3.05) is 6.79 Å². The monoisotopic (exact) mass is 409 g/mol. The maximum atomic E-state index is 12.3. The molecule has 0 aliphatic carbocycles. The molecule has 4 rings (SSSR count). The molecular weight excluding hydrogens is 386 g/mol. The first-order valence-corrected chi connectivity index (χ1v) is 9.74. The minimum absolute atomic E-state index is 0.0370. The van der Waals surface area contributed by atoms with Crippen molar-refractivity contribution in [2.24, 2.45) is 0 Å². The van der Waals surface area contributed by atoms with Gasteiger partial charge in [-0.2, -0.15) is 0 Å². The molecule has 0 unspecified atom stereocenters. The van der Waals surface area contributed by atoms with Crippen LogP contribution in [0.1, 0.15) is 29.2 Å². The van der Waals surface area contributed by atoms with E-state index in [1.54, 1.807) is 19.3 Å². The van der Waals surface area contributed by atoms with Gasteiger partial charge in [0.2, 0.25) is 6.79 Å². The van der Waals surface area contributed by atoms with Crippen LogP contribution in [0.4, 0.5) is 0 Å². The van der Waals surface area contributed by atoms with Crippen LogP contribution in [-0.2, 0) is 27.3 Å². The SMILES string of the molecule is Cc1cc2occ(CC(=O)O[C@H](C)C(=O)NCc3ccc4c(c3)OCO4)c2cc1C. The topological polar surface area (TPSA) is 87.0 Å². The number of furan rings is 1. The lowest BCUT2D eigenvalue weighted by Crippen LogP contribution is -2.35. The smallest absolute Gasteiger partial charge is 0.311 e. The molecule has 1 aliphatic heterocycles. The normalized spacial score (nSPS) is 13.3. The molecule has 1 aromatic heterocycles. The molecule has 156 valence electrons. The first kappa shape index (κ1) is 19.8. The van der Waals surface area contributed by atoms with Gasteiger partial charge in [-0.15, -0.1) is 0 Å². The molecular formula is C23H23NO6. The maximum Gasteiger partial charge on any atom is 0.311 e. The summed E-state index contributed by atoms with van der Waals surface area (Å²) in [5.74, 6) is 0.481. The van der Waals surface area contributed by atoms with Crippen molar-refractivity contribution in [3.63, 3.8) is 0 Å². The Bertz CT molecular complexity index is 1120. The van der Waals surface area contributed by atoms with E-state index < -0.39 is 12.1 Å². The van der Waals surface area contributed by atoms with Gasteiger partial charge in [-0.3, -0.25) is 9.59 Å². The Morgan fingerprint density at radius 3 is 2.70 bits per heavy atom. The molecule has 0 spiro atoms. The number of hydrogen-bond donors (Lipinski definition) is 1. The molecule has 1 N–H and O–H groups in total. The van der Waals surface area contributed by atoms with Gasteiger partial charge in [0, 0.05) is 17.5 Å². The zero-order chi connectivity index (χ0) is 21.3. The quantitative estimate of drug-likeness (QED) is 0.627. The van der Waals surface area contributed by atoms with Gasteiger partial charge in [-0.25, -0.2) is 0 Å². The Labute approximate surface area is 173 Å². The van der Waals surface area contributed by atoms with Crippen LogP contribution in [0.2, 0.25) is 0 Å². The highest BCUT2D eigenvalue weighted by Crippen LogP contribution is 2.32. The van der Waals surface area contributed by atoms with Crippen LogP contribution in [-0.4, -0.2) is 24.8 Å². The summed E-state index contributed by atoms with van der Waals surface area (Å²) in [6, 6.07) is 9.40. The van der Waals surface area contributed by atoms with Crippen molar-refractivity contribution in [3.05, 3.63) is 58.8 Å². The van der Waals surface area contributed by atoms with Gasteiger partial charge in [-0.1, -0.05) is 6.07 Å². The first-order chi connectivity index (χ1) is 14.4. The molecule has 0 saturated carbocycles. The van der Waals surface area contributed by atoms with Gasteiger partial charge < -0.3 is 23.9 Å².